The number of amides is 2. The van der Waals surface area contributed by atoms with Crippen LogP contribution in [0.4, 0.5) is 4.79 Å². The number of fused-ring (bicyclic) bond motifs is 3. The molecular formula is C23H29BN2O5. The van der Waals surface area contributed by atoms with Gasteiger partial charge in [-0.05, 0) is 34.6 Å². The molecule has 0 radical (unpaired) electrons. The summed E-state index contributed by atoms with van der Waals surface area (Å²) in [5.41, 5.74) is 4.58. The first kappa shape index (κ1) is 22.8. The normalized spacial score (nSPS) is 13.3. The van der Waals surface area contributed by atoms with Gasteiger partial charge in [0, 0.05) is 18.9 Å². The molecule has 0 spiro atoms. The predicted octanol–water partition coefficient (Wildman–Crippen LogP) is 2.46. The van der Waals surface area contributed by atoms with Crippen LogP contribution >= 0.6 is 0 Å². The first-order chi connectivity index (χ1) is 14.9. The minimum absolute atomic E-state index is 0.0194. The Bertz CT molecular complexity index is 873. The minimum atomic E-state index is -1.62. The van der Waals surface area contributed by atoms with E-state index in [0.717, 1.165) is 22.3 Å². The van der Waals surface area contributed by atoms with Crippen LogP contribution in [0, 0.1) is 5.92 Å². The van der Waals surface area contributed by atoms with Crippen LogP contribution in [-0.4, -0.2) is 48.3 Å². The highest BCUT2D eigenvalue weighted by Gasteiger charge is 2.29. The fourth-order valence-electron chi connectivity index (χ4n) is 3.97. The van der Waals surface area contributed by atoms with Crippen molar-refractivity contribution < 1.29 is 24.4 Å². The van der Waals surface area contributed by atoms with Crippen LogP contribution in [0.5, 0.6) is 0 Å². The molecule has 0 bridgehead atoms. The van der Waals surface area contributed by atoms with Crippen molar-refractivity contribution >= 4 is 19.1 Å². The van der Waals surface area contributed by atoms with Gasteiger partial charge in [0.05, 0.1) is 5.94 Å². The first-order valence-electron chi connectivity index (χ1n) is 10.6. The molecule has 0 unspecified atom stereocenters. The van der Waals surface area contributed by atoms with E-state index < -0.39 is 19.2 Å². The van der Waals surface area contributed by atoms with E-state index in [9.17, 15) is 19.6 Å². The monoisotopic (exact) mass is 424 g/mol. The van der Waals surface area contributed by atoms with Crippen molar-refractivity contribution in [2.24, 2.45) is 5.92 Å². The van der Waals surface area contributed by atoms with E-state index in [0.29, 0.717) is 6.42 Å². The van der Waals surface area contributed by atoms with Gasteiger partial charge in [0.15, 0.2) is 0 Å². The van der Waals surface area contributed by atoms with Crippen molar-refractivity contribution in [2.45, 2.75) is 38.5 Å². The van der Waals surface area contributed by atoms with Crippen LogP contribution in [0.3, 0.4) is 0 Å². The second-order valence-corrected chi connectivity index (χ2v) is 8.22. The van der Waals surface area contributed by atoms with Gasteiger partial charge in [0.1, 0.15) is 6.61 Å². The molecule has 0 fully saturated rings. The van der Waals surface area contributed by atoms with Gasteiger partial charge in [-0.3, -0.25) is 4.79 Å². The molecule has 1 aliphatic carbocycles. The molecule has 0 aromatic heterocycles. The van der Waals surface area contributed by atoms with Crippen molar-refractivity contribution in [3.63, 3.8) is 0 Å². The molecule has 0 saturated heterocycles. The predicted molar refractivity (Wildman–Crippen MR) is 119 cm³/mol. The van der Waals surface area contributed by atoms with Crippen LogP contribution < -0.4 is 10.6 Å². The van der Waals surface area contributed by atoms with Crippen LogP contribution in [0.2, 0.25) is 0 Å². The van der Waals surface area contributed by atoms with Gasteiger partial charge in [-0.15, -0.1) is 0 Å². The van der Waals surface area contributed by atoms with E-state index in [2.05, 4.69) is 34.9 Å². The zero-order chi connectivity index (χ0) is 22.4. The van der Waals surface area contributed by atoms with Gasteiger partial charge in [-0.1, -0.05) is 62.4 Å². The third-order valence-electron chi connectivity index (χ3n) is 5.40. The Morgan fingerprint density at radius 2 is 1.61 bits per heavy atom. The van der Waals surface area contributed by atoms with E-state index in [1.807, 2.05) is 38.1 Å². The SMILES string of the molecule is CC(C)C[C@H](NC(=O)CCNC(=O)OCC1c2ccccc2-c2ccccc21)B(O)O. The van der Waals surface area contributed by atoms with E-state index in [4.69, 9.17) is 4.74 Å². The zero-order valence-electron chi connectivity index (χ0n) is 17.9. The number of hydrogen-bond donors (Lipinski definition) is 4. The molecule has 7 nitrogen and oxygen atoms in total. The quantitative estimate of drug-likeness (QED) is 0.463. The van der Waals surface area contributed by atoms with Crippen LogP contribution in [-0.2, 0) is 9.53 Å². The molecular weight excluding hydrogens is 395 g/mol. The molecule has 2 aromatic rings. The summed E-state index contributed by atoms with van der Waals surface area (Å²) in [7, 11) is -1.62. The summed E-state index contributed by atoms with van der Waals surface area (Å²) in [6.45, 7) is 4.16. The molecule has 1 atom stereocenters. The average molecular weight is 424 g/mol. The van der Waals surface area contributed by atoms with Crippen LogP contribution in [0.25, 0.3) is 11.1 Å². The highest BCUT2D eigenvalue weighted by atomic mass is 16.5. The maximum absolute atomic E-state index is 12.1. The molecule has 31 heavy (non-hydrogen) atoms. The van der Waals surface area contributed by atoms with E-state index in [1.165, 1.54) is 0 Å². The maximum Gasteiger partial charge on any atom is 0.475 e. The molecule has 8 heteroatoms. The maximum atomic E-state index is 12.1. The Hall–Kier alpha value is -2.84. The molecule has 1 aliphatic rings. The Kier molecular flexibility index (Phi) is 7.71. The molecule has 2 amide bonds. The molecule has 164 valence electrons. The lowest BCUT2D eigenvalue weighted by Crippen LogP contribution is -2.47. The van der Waals surface area contributed by atoms with E-state index in [1.54, 1.807) is 0 Å². The molecule has 0 saturated carbocycles. The molecule has 4 N–H and O–H groups in total. The highest BCUT2D eigenvalue weighted by Crippen LogP contribution is 2.44. The lowest BCUT2D eigenvalue weighted by Gasteiger charge is -2.19. The topological polar surface area (TPSA) is 108 Å². The number of alkyl carbamates (subject to hydrolysis) is 1. The Labute approximate surface area is 183 Å². The summed E-state index contributed by atoms with van der Waals surface area (Å²) < 4.78 is 5.43. The Morgan fingerprint density at radius 1 is 1.03 bits per heavy atom. The first-order valence-corrected chi connectivity index (χ1v) is 10.6. The summed E-state index contributed by atoms with van der Waals surface area (Å²) in [5.74, 6) is -0.921. The highest BCUT2D eigenvalue weighted by molar-refractivity contribution is 6.43. The number of ether oxygens (including phenoxy) is 1. The smallest absolute Gasteiger partial charge is 0.449 e. The van der Waals surface area contributed by atoms with Gasteiger partial charge < -0.3 is 25.4 Å². The van der Waals surface area contributed by atoms with Gasteiger partial charge >= 0.3 is 13.2 Å². The summed E-state index contributed by atoms with van der Waals surface area (Å²) in [4.78, 5) is 24.2. The van der Waals surface area contributed by atoms with Crippen molar-refractivity contribution in [3.05, 3.63) is 59.7 Å². The summed E-state index contributed by atoms with van der Waals surface area (Å²) >= 11 is 0. The summed E-state index contributed by atoms with van der Waals surface area (Å²) in [5, 5.41) is 23.9. The molecule has 0 heterocycles. The van der Waals surface area contributed by atoms with Gasteiger partial charge in [0.25, 0.3) is 0 Å². The number of hydrogen-bond acceptors (Lipinski definition) is 5. The number of benzene rings is 2. The Balaban J connectivity index is 1.46. The third-order valence-corrected chi connectivity index (χ3v) is 5.40. The van der Waals surface area contributed by atoms with Crippen LogP contribution in [0.1, 0.15) is 43.7 Å². The fourth-order valence-corrected chi connectivity index (χ4v) is 3.97. The zero-order valence-corrected chi connectivity index (χ0v) is 17.9. The summed E-state index contributed by atoms with van der Waals surface area (Å²) in [6.07, 6.45) is -0.120. The molecule has 3 rings (SSSR count). The number of carbonyl (C=O) groups excluding carboxylic acids is 2. The van der Waals surface area contributed by atoms with Gasteiger partial charge in [-0.2, -0.15) is 0 Å². The van der Waals surface area contributed by atoms with Gasteiger partial charge in [-0.25, -0.2) is 4.79 Å². The number of carbonyl (C=O) groups is 2. The largest absolute Gasteiger partial charge is 0.475 e. The van der Waals surface area contributed by atoms with Gasteiger partial charge in [0.2, 0.25) is 5.91 Å². The fraction of sp³-hybridized carbons (Fsp3) is 0.391. The minimum Gasteiger partial charge on any atom is -0.449 e. The van der Waals surface area contributed by atoms with Crippen molar-refractivity contribution in [1.29, 1.82) is 0 Å². The van der Waals surface area contributed by atoms with E-state index in [-0.39, 0.29) is 37.3 Å². The Morgan fingerprint density at radius 3 is 2.16 bits per heavy atom. The van der Waals surface area contributed by atoms with Crippen molar-refractivity contribution in [2.75, 3.05) is 13.2 Å². The van der Waals surface area contributed by atoms with E-state index >= 15 is 0 Å². The number of rotatable bonds is 9. The molecule has 0 aliphatic heterocycles. The van der Waals surface area contributed by atoms with Crippen LogP contribution in [0.15, 0.2) is 48.5 Å². The average Bonchev–Trinajstić information content (AvgIpc) is 3.05. The lowest BCUT2D eigenvalue weighted by molar-refractivity contribution is -0.121. The number of nitrogens with one attached hydrogen (secondary N) is 2. The molecule has 2 aromatic carbocycles. The second kappa shape index (κ2) is 10.5. The van der Waals surface area contributed by atoms with Crippen molar-refractivity contribution in [1.82, 2.24) is 10.6 Å². The summed E-state index contributed by atoms with van der Waals surface area (Å²) in [6, 6.07) is 16.2. The lowest BCUT2D eigenvalue weighted by atomic mass is 9.75. The second-order valence-electron chi connectivity index (χ2n) is 8.22. The standard InChI is InChI=1S/C23H29BN2O5/c1-15(2)13-21(24(29)30)26-22(27)11-12-25-23(28)31-14-20-18-9-5-3-7-16(18)17-8-4-6-10-19(17)20/h3-10,15,20-21,29-30H,11-14H2,1-2H3,(H,25,28)(H,26,27)/t21-/m0/s1. The third kappa shape index (κ3) is 5.86. The van der Waals surface area contributed by atoms with Crippen molar-refractivity contribution in [3.8, 4) is 11.1 Å².